The van der Waals surface area contributed by atoms with Crippen molar-refractivity contribution in [3.63, 3.8) is 0 Å². The molecule has 0 bridgehead atoms. The summed E-state index contributed by atoms with van der Waals surface area (Å²) in [5.41, 5.74) is 0.964. The van der Waals surface area contributed by atoms with E-state index in [0.717, 1.165) is 0 Å². The number of amides is 1. The minimum Gasteiger partial charge on any atom is -0.484 e. The van der Waals surface area contributed by atoms with Crippen LogP contribution in [-0.2, 0) is 4.79 Å². The van der Waals surface area contributed by atoms with Gasteiger partial charge in [0.1, 0.15) is 11.6 Å². The van der Waals surface area contributed by atoms with Crippen LogP contribution in [0, 0.1) is 17.1 Å². The van der Waals surface area contributed by atoms with Gasteiger partial charge in [-0.05, 0) is 30.3 Å². The summed E-state index contributed by atoms with van der Waals surface area (Å²) in [5.74, 6) is -0.528. The number of hydrogen-bond acceptors (Lipinski definition) is 3. The lowest BCUT2D eigenvalue weighted by Gasteiger charge is -2.07. The first-order valence-electron chi connectivity index (χ1n) is 5.86. The lowest BCUT2D eigenvalue weighted by molar-refractivity contribution is -0.118. The molecule has 1 N–H and O–H groups in total. The van der Waals surface area contributed by atoms with Gasteiger partial charge in [-0.3, -0.25) is 4.79 Å². The molecule has 2 rings (SSSR count). The number of nitrogens with one attached hydrogen (secondary N) is 1. The number of carbonyl (C=O) groups excluding carboxylic acids is 1. The van der Waals surface area contributed by atoms with Gasteiger partial charge in [-0.25, -0.2) is 4.39 Å². The van der Waals surface area contributed by atoms with E-state index in [1.165, 1.54) is 18.2 Å². The maximum atomic E-state index is 12.9. The maximum absolute atomic E-state index is 12.9. The molecule has 1 amide bonds. The maximum Gasteiger partial charge on any atom is 0.262 e. The summed E-state index contributed by atoms with van der Waals surface area (Å²) in [5, 5.41) is 11.3. The number of rotatable bonds is 4. The predicted octanol–water partition coefficient (Wildman–Crippen LogP) is 2.71. The van der Waals surface area contributed by atoms with Gasteiger partial charge in [0.05, 0.1) is 11.6 Å². The van der Waals surface area contributed by atoms with E-state index in [9.17, 15) is 9.18 Å². The van der Waals surface area contributed by atoms with Crippen LogP contribution in [0.1, 0.15) is 5.56 Å². The molecule has 0 heterocycles. The summed E-state index contributed by atoms with van der Waals surface area (Å²) in [6.07, 6.45) is 0. The Morgan fingerprint density at radius 2 is 2.05 bits per heavy atom. The molecule has 0 aliphatic rings. The van der Waals surface area contributed by atoms with Crippen LogP contribution >= 0.6 is 0 Å². The van der Waals surface area contributed by atoms with Crippen molar-refractivity contribution in [1.82, 2.24) is 0 Å². The fourth-order valence-electron chi connectivity index (χ4n) is 1.57. The Labute approximate surface area is 115 Å². The van der Waals surface area contributed by atoms with Crippen molar-refractivity contribution >= 4 is 11.6 Å². The molecule has 0 fully saturated rings. The smallest absolute Gasteiger partial charge is 0.262 e. The van der Waals surface area contributed by atoms with Crippen LogP contribution in [0.15, 0.2) is 48.5 Å². The third kappa shape index (κ3) is 3.82. The van der Waals surface area contributed by atoms with Crippen molar-refractivity contribution in [2.75, 3.05) is 11.9 Å². The van der Waals surface area contributed by atoms with Crippen LogP contribution < -0.4 is 10.1 Å². The van der Waals surface area contributed by atoms with E-state index >= 15 is 0 Å². The molecule has 0 saturated carbocycles. The summed E-state index contributed by atoms with van der Waals surface area (Å²) >= 11 is 0. The number of ether oxygens (including phenoxy) is 1. The molecule has 2 aromatic rings. The van der Waals surface area contributed by atoms with Crippen LogP contribution in [0.4, 0.5) is 10.1 Å². The van der Waals surface area contributed by atoms with Gasteiger partial charge in [0.15, 0.2) is 6.61 Å². The van der Waals surface area contributed by atoms with E-state index in [4.69, 9.17) is 10.00 Å². The van der Waals surface area contributed by atoms with Gasteiger partial charge < -0.3 is 10.1 Å². The van der Waals surface area contributed by atoms with Crippen molar-refractivity contribution in [3.05, 3.63) is 59.9 Å². The Morgan fingerprint density at radius 1 is 1.25 bits per heavy atom. The van der Waals surface area contributed by atoms with Crippen LogP contribution in [0.3, 0.4) is 0 Å². The lowest BCUT2D eigenvalue weighted by Crippen LogP contribution is -2.20. The molecular weight excluding hydrogens is 259 g/mol. The van der Waals surface area contributed by atoms with Gasteiger partial charge >= 0.3 is 0 Å². The highest BCUT2D eigenvalue weighted by Gasteiger charge is 2.04. The molecule has 0 aliphatic carbocycles. The fraction of sp³-hybridized carbons (Fsp3) is 0.0667. The topological polar surface area (TPSA) is 62.1 Å². The number of nitrogens with zero attached hydrogens (tertiary/aromatic N) is 1. The van der Waals surface area contributed by atoms with E-state index in [1.807, 2.05) is 6.07 Å². The van der Waals surface area contributed by atoms with Gasteiger partial charge in [0.2, 0.25) is 0 Å². The minimum atomic E-state index is -0.426. The number of nitriles is 1. The molecule has 0 unspecified atom stereocenters. The zero-order chi connectivity index (χ0) is 14.4. The van der Waals surface area contributed by atoms with Crippen molar-refractivity contribution in [1.29, 1.82) is 5.26 Å². The van der Waals surface area contributed by atoms with E-state index in [-0.39, 0.29) is 18.3 Å². The monoisotopic (exact) mass is 270 g/mol. The van der Waals surface area contributed by atoms with Gasteiger partial charge in [-0.2, -0.15) is 5.26 Å². The molecule has 0 saturated heterocycles. The van der Waals surface area contributed by atoms with Gasteiger partial charge in [0, 0.05) is 11.8 Å². The van der Waals surface area contributed by atoms with Crippen LogP contribution in [0.25, 0.3) is 0 Å². The molecular formula is C15H11FN2O2. The molecule has 0 aromatic heterocycles. The fourth-order valence-corrected chi connectivity index (χ4v) is 1.57. The Bertz CT molecular complexity index is 665. The predicted molar refractivity (Wildman–Crippen MR) is 71.7 cm³/mol. The number of benzene rings is 2. The normalized spacial score (nSPS) is 9.60. The van der Waals surface area contributed by atoms with Crippen molar-refractivity contribution in [2.45, 2.75) is 0 Å². The molecule has 0 radical (unpaired) electrons. The summed E-state index contributed by atoms with van der Waals surface area (Å²) in [6, 6.07) is 14.1. The Hall–Kier alpha value is -2.87. The minimum absolute atomic E-state index is 0.236. The highest BCUT2D eigenvalue weighted by atomic mass is 19.1. The van der Waals surface area contributed by atoms with Crippen molar-refractivity contribution in [2.24, 2.45) is 0 Å². The van der Waals surface area contributed by atoms with Gasteiger partial charge in [-0.1, -0.05) is 12.1 Å². The number of anilines is 1. The Morgan fingerprint density at radius 3 is 2.80 bits per heavy atom. The number of carbonyl (C=O) groups is 1. The second-order valence-corrected chi connectivity index (χ2v) is 3.99. The van der Waals surface area contributed by atoms with E-state index < -0.39 is 5.82 Å². The second kappa shape index (κ2) is 6.34. The zero-order valence-corrected chi connectivity index (χ0v) is 10.5. The third-order valence-corrected chi connectivity index (χ3v) is 2.44. The van der Waals surface area contributed by atoms with Crippen molar-refractivity contribution < 1.29 is 13.9 Å². The summed E-state index contributed by atoms with van der Waals surface area (Å²) in [4.78, 5) is 11.7. The average Bonchev–Trinajstić information content (AvgIpc) is 2.45. The third-order valence-electron chi connectivity index (χ3n) is 2.44. The van der Waals surface area contributed by atoms with Gasteiger partial charge in [0.25, 0.3) is 5.91 Å². The lowest BCUT2D eigenvalue weighted by atomic mass is 10.2. The summed E-state index contributed by atoms with van der Waals surface area (Å²) < 4.78 is 18.1. The number of hydrogen-bond donors (Lipinski definition) is 1. The van der Waals surface area contributed by atoms with Crippen LogP contribution in [0.2, 0.25) is 0 Å². The highest BCUT2D eigenvalue weighted by molar-refractivity contribution is 5.92. The molecule has 100 valence electrons. The summed E-state index contributed by atoms with van der Waals surface area (Å²) in [7, 11) is 0. The molecule has 0 aliphatic heterocycles. The van der Waals surface area contributed by atoms with Crippen LogP contribution in [0.5, 0.6) is 5.75 Å². The van der Waals surface area contributed by atoms with Crippen LogP contribution in [-0.4, -0.2) is 12.5 Å². The highest BCUT2D eigenvalue weighted by Crippen LogP contribution is 2.12. The van der Waals surface area contributed by atoms with E-state index in [2.05, 4.69) is 5.32 Å². The van der Waals surface area contributed by atoms with E-state index in [1.54, 1.807) is 30.3 Å². The molecule has 20 heavy (non-hydrogen) atoms. The first-order chi connectivity index (χ1) is 9.67. The largest absolute Gasteiger partial charge is 0.484 e. The van der Waals surface area contributed by atoms with E-state index in [0.29, 0.717) is 11.3 Å². The Kier molecular flexibility index (Phi) is 4.30. The van der Waals surface area contributed by atoms with Crippen molar-refractivity contribution in [3.8, 4) is 11.8 Å². The standard InChI is InChI=1S/C15H11FN2O2/c16-12-4-2-6-14(8-12)20-10-15(19)18-13-5-1-3-11(7-13)9-17/h1-8H,10H2,(H,18,19). The second-order valence-electron chi connectivity index (χ2n) is 3.99. The Balaban J connectivity index is 1.91. The number of halogens is 1. The molecule has 5 heteroatoms. The zero-order valence-electron chi connectivity index (χ0n) is 10.5. The molecule has 4 nitrogen and oxygen atoms in total. The molecule has 2 aromatic carbocycles. The average molecular weight is 270 g/mol. The summed E-state index contributed by atoms with van der Waals surface area (Å²) in [6.45, 7) is -0.236. The molecule has 0 atom stereocenters. The quantitative estimate of drug-likeness (QED) is 0.929. The SMILES string of the molecule is N#Cc1cccc(NC(=O)COc2cccc(F)c2)c1. The molecule has 0 spiro atoms. The first-order valence-corrected chi connectivity index (χ1v) is 5.86. The van der Waals surface area contributed by atoms with Gasteiger partial charge in [-0.15, -0.1) is 0 Å². The first kappa shape index (κ1) is 13.6.